The van der Waals surface area contributed by atoms with Gasteiger partial charge in [-0.15, -0.1) is 0 Å². The second kappa shape index (κ2) is 6.37. The maximum absolute atomic E-state index is 5.34. The summed E-state index contributed by atoms with van der Waals surface area (Å²) in [5.41, 5.74) is 2.49. The lowest BCUT2D eigenvalue weighted by Crippen LogP contribution is -2.38. The molecule has 4 nitrogen and oxygen atoms in total. The number of ether oxygens (including phenoxy) is 2. The zero-order chi connectivity index (χ0) is 14.5. The van der Waals surface area contributed by atoms with Crippen LogP contribution in [-0.4, -0.2) is 14.2 Å². The van der Waals surface area contributed by atoms with Crippen LogP contribution in [-0.2, 0) is 26.9 Å². The molecule has 2 aromatic rings. The highest BCUT2D eigenvalue weighted by molar-refractivity contribution is 5.11. The van der Waals surface area contributed by atoms with E-state index in [0.29, 0.717) is 0 Å². The number of hydrogen-bond donors (Lipinski definition) is 0. The third-order valence-corrected chi connectivity index (χ3v) is 3.63. The Bertz CT molecular complexity index is 544. The van der Waals surface area contributed by atoms with E-state index in [4.69, 9.17) is 9.47 Å². The van der Waals surface area contributed by atoms with Crippen molar-refractivity contribution in [2.75, 3.05) is 14.2 Å². The molecule has 0 saturated carbocycles. The Balaban J connectivity index is 2.17. The lowest BCUT2D eigenvalue weighted by molar-refractivity contribution is -0.688. The van der Waals surface area contributed by atoms with Crippen LogP contribution in [0.2, 0.25) is 0 Å². The summed E-state index contributed by atoms with van der Waals surface area (Å²) in [5.74, 6) is 1.75. The first kappa shape index (κ1) is 14.3. The lowest BCUT2D eigenvalue weighted by Gasteiger charge is -2.05. The van der Waals surface area contributed by atoms with Crippen molar-refractivity contribution in [3.8, 4) is 11.8 Å². The van der Waals surface area contributed by atoms with Gasteiger partial charge in [0.1, 0.15) is 14.1 Å². The third-order valence-electron chi connectivity index (χ3n) is 3.63. The minimum Gasteiger partial charge on any atom is -0.448 e. The molecule has 0 saturated heterocycles. The first-order chi connectivity index (χ1) is 9.67. The monoisotopic (exact) mass is 274 g/mol. The molecule has 0 spiro atoms. The highest BCUT2D eigenvalue weighted by atomic mass is 16.5. The molecule has 20 heavy (non-hydrogen) atoms. The van der Waals surface area contributed by atoms with E-state index in [-0.39, 0.29) is 0 Å². The van der Waals surface area contributed by atoms with Crippen LogP contribution in [0.15, 0.2) is 36.4 Å². The van der Waals surface area contributed by atoms with Crippen molar-refractivity contribution in [3.63, 3.8) is 0 Å². The number of nitrogens with zero attached hydrogens (tertiary/aromatic N) is 2. The van der Waals surface area contributed by atoms with Crippen LogP contribution >= 0.6 is 0 Å². The van der Waals surface area contributed by atoms with Gasteiger partial charge in [-0.3, -0.25) is 0 Å². The molecule has 0 aliphatic heterocycles. The number of aromatic nitrogens is 2. The highest BCUT2D eigenvalue weighted by Crippen LogP contribution is 2.08. The molecule has 2 heterocycles. The van der Waals surface area contributed by atoms with Crippen molar-refractivity contribution in [3.05, 3.63) is 47.8 Å². The molecular weight excluding hydrogens is 252 g/mol. The Kier molecular flexibility index (Phi) is 4.56. The molecule has 106 valence electrons. The molecule has 0 amide bonds. The minimum absolute atomic E-state index is 0.873. The van der Waals surface area contributed by atoms with Crippen molar-refractivity contribution >= 4 is 0 Å². The largest absolute Gasteiger partial charge is 0.448 e. The number of aryl methyl sites for hydroxylation is 2. The average molecular weight is 274 g/mol. The SMILES string of the molecule is COc1cccc(CCc2cccc(OC)[n+]2C)[n+]1C. The zero-order valence-corrected chi connectivity index (χ0v) is 12.6. The Morgan fingerprint density at radius 2 is 1.15 bits per heavy atom. The molecule has 2 aromatic heterocycles. The van der Waals surface area contributed by atoms with Crippen LogP contribution in [0.1, 0.15) is 11.4 Å². The van der Waals surface area contributed by atoms with E-state index >= 15 is 0 Å². The van der Waals surface area contributed by atoms with E-state index in [1.807, 2.05) is 38.4 Å². The molecule has 0 N–H and O–H groups in total. The quantitative estimate of drug-likeness (QED) is 0.764. The second-order valence-corrected chi connectivity index (χ2v) is 4.74. The summed E-state index contributed by atoms with van der Waals surface area (Å²) in [4.78, 5) is 0. The van der Waals surface area contributed by atoms with Crippen LogP contribution in [0.5, 0.6) is 11.8 Å². The van der Waals surface area contributed by atoms with Gasteiger partial charge in [-0.05, 0) is 12.1 Å². The second-order valence-electron chi connectivity index (χ2n) is 4.74. The van der Waals surface area contributed by atoms with E-state index in [1.165, 1.54) is 11.4 Å². The Morgan fingerprint density at radius 1 is 0.750 bits per heavy atom. The highest BCUT2D eigenvalue weighted by Gasteiger charge is 2.16. The zero-order valence-electron chi connectivity index (χ0n) is 12.6. The first-order valence-electron chi connectivity index (χ1n) is 6.71. The van der Waals surface area contributed by atoms with Crippen LogP contribution in [0, 0.1) is 0 Å². The molecule has 4 heteroatoms. The molecule has 0 aliphatic carbocycles. The molecule has 0 radical (unpaired) electrons. The lowest BCUT2D eigenvalue weighted by atomic mass is 10.1. The fourth-order valence-corrected chi connectivity index (χ4v) is 2.38. The van der Waals surface area contributed by atoms with Crippen LogP contribution < -0.4 is 18.6 Å². The van der Waals surface area contributed by atoms with Gasteiger partial charge in [0.2, 0.25) is 0 Å². The maximum Gasteiger partial charge on any atom is 0.367 e. The normalized spacial score (nSPS) is 10.4. The smallest absolute Gasteiger partial charge is 0.367 e. The fraction of sp³-hybridized carbons (Fsp3) is 0.375. The summed E-state index contributed by atoms with van der Waals surface area (Å²) in [6.45, 7) is 0. The van der Waals surface area contributed by atoms with Gasteiger partial charge in [0, 0.05) is 25.0 Å². The third kappa shape index (κ3) is 2.90. The molecule has 0 aromatic carbocycles. The summed E-state index contributed by atoms with van der Waals surface area (Å²) >= 11 is 0. The minimum atomic E-state index is 0.873. The molecular formula is C16H22N2O2+2. The molecule has 0 aliphatic rings. The van der Waals surface area contributed by atoms with E-state index in [9.17, 15) is 0 Å². The molecule has 0 atom stereocenters. The summed E-state index contributed by atoms with van der Waals surface area (Å²) < 4.78 is 14.8. The first-order valence-corrected chi connectivity index (χ1v) is 6.71. The Hall–Kier alpha value is -2.10. The summed E-state index contributed by atoms with van der Waals surface area (Å²) in [6.07, 6.45) is 1.91. The van der Waals surface area contributed by atoms with Gasteiger partial charge in [-0.2, -0.15) is 9.13 Å². The number of rotatable bonds is 5. The van der Waals surface area contributed by atoms with Gasteiger partial charge in [0.15, 0.2) is 11.4 Å². The number of hydrogen-bond acceptors (Lipinski definition) is 2. The van der Waals surface area contributed by atoms with E-state index in [1.54, 1.807) is 14.2 Å². The van der Waals surface area contributed by atoms with E-state index in [0.717, 1.165) is 24.6 Å². The predicted molar refractivity (Wildman–Crippen MR) is 75.7 cm³/mol. The van der Waals surface area contributed by atoms with Crippen LogP contribution in [0.4, 0.5) is 0 Å². The van der Waals surface area contributed by atoms with Gasteiger partial charge in [-0.1, -0.05) is 0 Å². The van der Waals surface area contributed by atoms with Crippen LogP contribution in [0.25, 0.3) is 0 Å². The van der Waals surface area contributed by atoms with E-state index < -0.39 is 0 Å². The van der Waals surface area contributed by atoms with E-state index in [2.05, 4.69) is 21.3 Å². The van der Waals surface area contributed by atoms with Gasteiger partial charge < -0.3 is 9.47 Å². The van der Waals surface area contributed by atoms with Gasteiger partial charge in [0.25, 0.3) is 0 Å². The summed E-state index contributed by atoms with van der Waals surface area (Å²) in [5, 5.41) is 0. The maximum atomic E-state index is 5.34. The topological polar surface area (TPSA) is 26.2 Å². The Labute approximate surface area is 120 Å². The molecule has 0 bridgehead atoms. The van der Waals surface area contributed by atoms with Crippen molar-refractivity contribution in [2.24, 2.45) is 14.1 Å². The predicted octanol–water partition coefficient (Wildman–Crippen LogP) is 1.14. The molecule has 2 rings (SSSR count). The van der Waals surface area contributed by atoms with Crippen molar-refractivity contribution in [1.29, 1.82) is 0 Å². The van der Waals surface area contributed by atoms with Crippen molar-refractivity contribution in [1.82, 2.24) is 0 Å². The fourth-order valence-electron chi connectivity index (χ4n) is 2.38. The van der Waals surface area contributed by atoms with Gasteiger partial charge >= 0.3 is 11.8 Å². The van der Waals surface area contributed by atoms with Crippen molar-refractivity contribution < 1.29 is 18.6 Å². The summed E-state index contributed by atoms with van der Waals surface area (Å²) in [6, 6.07) is 12.2. The van der Waals surface area contributed by atoms with Crippen LogP contribution in [0.3, 0.4) is 0 Å². The van der Waals surface area contributed by atoms with Gasteiger partial charge in [-0.25, -0.2) is 0 Å². The number of pyridine rings is 2. The molecule has 0 unspecified atom stereocenters. The average Bonchev–Trinajstić information content (AvgIpc) is 2.47. The Morgan fingerprint density at radius 3 is 1.50 bits per heavy atom. The summed E-state index contributed by atoms with van der Waals surface area (Å²) in [7, 11) is 7.45. The molecule has 0 fully saturated rings. The standard InChI is InChI=1S/C16H22N2O2/c1-17-13(7-5-9-15(17)19-3)11-12-14-8-6-10-16(20-4)18(14)2/h5-10H,11-12H2,1-4H3/q+2. The van der Waals surface area contributed by atoms with Crippen molar-refractivity contribution in [2.45, 2.75) is 12.8 Å². The van der Waals surface area contributed by atoms with Gasteiger partial charge in [0.05, 0.1) is 26.4 Å². The number of methoxy groups -OCH3 is 2.